The van der Waals surface area contributed by atoms with Crippen molar-refractivity contribution in [3.8, 4) is 22.1 Å². The molecular weight excluding hydrogens is 569 g/mol. The quantitative estimate of drug-likeness (QED) is 0.265. The number of anilines is 1. The Morgan fingerprint density at radius 3 is 2.56 bits per heavy atom. The number of pyridine rings is 2. The van der Waals surface area contributed by atoms with Gasteiger partial charge in [0.15, 0.2) is 11.6 Å². The van der Waals surface area contributed by atoms with Gasteiger partial charge < -0.3 is 25.6 Å². The molecule has 3 amide bonds. The number of carbonyl (C=O) groups excluding carboxylic acids is 2. The number of rotatable bonds is 8. The Kier molecular flexibility index (Phi) is 8.50. The van der Waals surface area contributed by atoms with E-state index >= 15 is 4.39 Å². The normalized spacial score (nSPS) is 16.2. The highest BCUT2D eigenvalue weighted by molar-refractivity contribution is 7.22. The predicted octanol–water partition coefficient (Wildman–Crippen LogP) is 4.83. The molecule has 10 nitrogen and oxygen atoms in total. The van der Waals surface area contributed by atoms with Crippen LogP contribution in [0.5, 0.6) is 11.5 Å². The van der Waals surface area contributed by atoms with Gasteiger partial charge in [0.2, 0.25) is 5.91 Å². The van der Waals surface area contributed by atoms with Crippen LogP contribution in [0.4, 0.5) is 14.9 Å². The van der Waals surface area contributed by atoms with Crippen molar-refractivity contribution >= 4 is 39.2 Å². The van der Waals surface area contributed by atoms with E-state index in [4.69, 9.17) is 9.72 Å². The molecule has 2 fully saturated rings. The zero-order valence-corrected chi connectivity index (χ0v) is 24.9. The first-order valence-corrected chi connectivity index (χ1v) is 15.2. The second-order valence-corrected chi connectivity index (χ2v) is 12.0. The van der Waals surface area contributed by atoms with Crippen molar-refractivity contribution in [2.24, 2.45) is 0 Å². The molecule has 1 aromatic carbocycles. The maximum atomic E-state index is 15.0. The van der Waals surface area contributed by atoms with Crippen LogP contribution in [0.15, 0.2) is 54.9 Å². The molecule has 0 radical (unpaired) electrons. The molecule has 0 unspecified atom stereocenters. The third-order valence-corrected chi connectivity index (χ3v) is 9.09. The Morgan fingerprint density at radius 2 is 1.86 bits per heavy atom. The zero-order valence-electron chi connectivity index (χ0n) is 24.1. The monoisotopic (exact) mass is 603 g/mol. The van der Waals surface area contributed by atoms with Crippen LogP contribution >= 0.6 is 11.3 Å². The number of amides is 3. The fourth-order valence-electron chi connectivity index (χ4n) is 5.38. The molecule has 12 heteroatoms. The van der Waals surface area contributed by atoms with Crippen molar-refractivity contribution < 1.29 is 18.7 Å². The van der Waals surface area contributed by atoms with Gasteiger partial charge in [-0.05, 0) is 62.8 Å². The number of hydrogen-bond acceptors (Lipinski definition) is 8. The Bertz CT molecular complexity index is 1620. The average molecular weight is 604 g/mol. The molecule has 0 atom stereocenters. The number of ether oxygens (including phenoxy) is 1. The van der Waals surface area contributed by atoms with Crippen LogP contribution in [0.3, 0.4) is 0 Å². The summed E-state index contributed by atoms with van der Waals surface area (Å²) in [5, 5.41) is 8.77. The molecule has 4 aromatic rings. The van der Waals surface area contributed by atoms with Gasteiger partial charge in [-0.2, -0.15) is 0 Å². The van der Waals surface area contributed by atoms with E-state index in [0.717, 1.165) is 53.3 Å². The number of thiophene rings is 1. The molecule has 224 valence electrons. The number of nitrogens with one attached hydrogen (secondary N) is 3. The molecule has 0 aliphatic carbocycles. The van der Waals surface area contributed by atoms with Crippen LogP contribution in [0.1, 0.15) is 25.3 Å². The number of hydrogen-bond donors (Lipinski definition) is 3. The smallest absolute Gasteiger partial charge is 0.319 e. The number of urea groups is 1. The highest BCUT2D eigenvalue weighted by Gasteiger charge is 2.29. The van der Waals surface area contributed by atoms with Crippen LogP contribution < -0.4 is 20.7 Å². The number of benzene rings is 1. The highest BCUT2D eigenvalue weighted by Crippen LogP contribution is 2.39. The van der Waals surface area contributed by atoms with Crippen molar-refractivity contribution in [1.29, 1.82) is 0 Å². The topological polar surface area (TPSA) is 112 Å². The minimum atomic E-state index is -0.613. The summed E-state index contributed by atoms with van der Waals surface area (Å²) in [6, 6.07) is 12.1. The number of piperidine rings is 1. The summed E-state index contributed by atoms with van der Waals surface area (Å²) in [7, 11) is 2.03. The maximum Gasteiger partial charge on any atom is 0.319 e. The fraction of sp³-hybridized carbons (Fsp3) is 0.355. The Balaban J connectivity index is 1.09. The van der Waals surface area contributed by atoms with Crippen molar-refractivity contribution in [3.63, 3.8) is 0 Å². The van der Waals surface area contributed by atoms with Gasteiger partial charge in [-0.15, -0.1) is 11.3 Å². The molecule has 2 aliphatic rings. The summed E-state index contributed by atoms with van der Waals surface area (Å²) in [6.45, 7) is 5.47. The van der Waals surface area contributed by atoms with Gasteiger partial charge >= 0.3 is 6.03 Å². The molecule has 3 N–H and O–H groups in total. The lowest BCUT2D eigenvalue weighted by Crippen LogP contribution is -2.61. The molecule has 5 heterocycles. The average Bonchev–Trinajstić information content (AvgIpc) is 3.42. The second-order valence-electron chi connectivity index (χ2n) is 11.0. The highest BCUT2D eigenvalue weighted by atomic mass is 32.1. The molecular formula is C31H34FN7O3S. The largest absolute Gasteiger partial charge is 0.453 e. The first kappa shape index (κ1) is 29.0. The third kappa shape index (κ3) is 6.76. The molecule has 3 aromatic heterocycles. The number of likely N-dealkylation sites (tertiary alicyclic amines) is 2. The first-order chi connectivity index (χ1) is 20.8. The van der Waals surface area contributed by atoms with Gasteiger partial charge in [-0.25, -0.2) is 9.18 Å². The Morgan fingerprint density at radius 1 is 1.05 bits per heavy atom. The van der Waals surface area contributed by atoms with E-state index in [2.05, 4.69) is 31.9 Å². The molecule has 6 rings (SSSR count). The van der Waals surface area contributed by atoms with Crippen LogP contribution in [-0.4, -0.2) is 77.0 Å². The summed E-state index contributed by atoms with van der Waals surface area (Å²) < 4.78 is 21.8. The lowest BCUT2D eigenvalue weighted by atomic mass is 10.0. The van der Waals surface area contributed by atoms with E-state index in [1.807, 2.05) is 25.4 Å². The van der Waals surface area contributed by atoms with Crippen molar-refractivity contribution in [1.82, 2.24) is 30.4 Å². The molecule has 0 saturated carbocycles. The van der Waals surface area contributed by atoms with E-state index in [-0.39, 0.29) is 17.7 Å². The summed E-state index contributed by atoms with van der Waals surface area (Å²) in [5.74, 6) is -0.122. The number of halogens is 1. The van der Waals surface area contributed by atoms with Crippen LogP contribution in [0.2, 0.25) is 0 Å². The lowest BCUT2D eigenvalue weighted by molar-refractivity contribution is -0.133. The van der Waals surface area contributed by atoms with E-state index in [9.17, 15) is 9.59 Å². The molecule has 0 spiro atoms. The SMILES string of the molecule is CNC1CCN(Cc2ccc(-c3cc4nccc(Oc5ccc(NC(=O)NC6CN(C(C)=O)C6)cc5F)c4s3)nc2)CC1. The summed E-state index contributed by atoms with van der Waals surface area (Å²) in [6.07, 6.45) is 5.89. The lowest BCUT2D eigenvalue weighted by Gasteiger charge is -2.38. The van der Waals surface area contributed by atoms with Crippen LogP contribution in [0.25, 0.3) is 20.8 Å². The van der Waals surface area contributed by atoms with Crippen molar-refractivity contribution in [3.05, 3.63) is 66.2 Å². The number of carbonyl (C=O) groups is 2. The Labute approximate surface area is 253 Å². The molecule has 0 bridgehead atoms. The van der Waals surface area contributed by atoms with E-state index in [0.29, 0.717) is 30.6 Å². The number of nitrogens with zero attached hydrogens (tertiary/aromatic N) is 4. The third-order valence-electron chi connectivity index (χ3n) is 7.93. The van der Waals surface area contributed by atoms with Gasteiger partial charge in [0.05, 0.1) is 26.8 Å². The predicted molar refractivity (Wildman–Crippen MR) is 165 cm³/mol. The Hall–Kier alpha value is -4.13. The van der Waals surface area contributed by atoms with Crippen LogP contribution in [0, 0.1) is 5.82 Å². The minimum absolute atomic E-state index is 0.0290. The van der Waals surface area contributed by atoms with E-state index in [1.165, 1.54) is 36.0 Å². The second kappa shape index (κ2) is 12.6. The standard InChI is InChI=1S/C31H34FN7O3S/c1-19(40)39-17-23(18-39)37-31(41)36-22-4-6-27(24(32)13-22)42-28-7-10-34-26-14-29(43-30(26)28)25-5-3-20(15-35-25)16-38-11-8-21(33-2)9-12-38/h3-7,10,13-15,21,23,33H,8-9,11-12,16-18H2,1-2H3,(H2,36,37,41). The first-order valence-electron chi connectivity index (χ1n) is 14.4. The molecule has 2 aliphatic heterocycles. The summed E-state index contributed by atoms with van der Waals surface area (Å²) in [4.78, 5) is 37.8. The van der Waals surface area contributed by atoms with Gasteiger partial charge in [0.25, 0.3) is 0 Å². The van der Waals surface area contributed by atoms with Gasteiger partial charge in [-0.1, -0.05) is 6.07 Å². The van der Waals surface area contributed by atoms with Gasteiger partial charge in [0.1, 0.15) is 5.75 Å². The van der Waals surface area contributed by atoms with Crippen molar-refractivity contribution in [2.45, 2.75) is 38.4 Å². The fourth-order valence-corrected chi connectivity index (χ4v) is 6.42. The number of aromatic nitrogens is 2. The van der Waals surface area contributed by atoms with E-state index in [1.54, 1.807) is 23.2 Å². The maximum absolute atomic E-state index is 15.0. The number of fused-ring (bicyclic) bond motifs is 1. The summed E-state index contributed by atoms with van der Waals surface area (Å²) in [5.41, 5.74) is 3.07. The zero-order chi connectivity index (χ0) is 29.9. The molecule has 43 heavy (non-hydrogen) atoms. The van der Waals surface area contributed by atoms with E-state index < -0.39 is 11.8 Å². The van der Waals surface area contributed by atoms with Gasteiger partial charge in [-0.3, -0.25) is 19.7 Å². The van der Waals surface area contributed by atoms with Crippen LogP contribution in [-0.2, 0) is 11.3 Å². The van der Waals surface area contributed by atoms with Gasteiger partial charge in [0, 0.05) is 62.8 Å². The van der Waals surface area contributed by atoms with Crippen molar-refractivity contribution in [2.75, 3.05) is 38.5 Å². The molecule has 2 saturated heterocycles. The minimum Gasteiger partial charge on any atom is -0.453 e. The summed E-state index contributed by atoms with van der Waals surface area (Å²) >= 11 is 1.49.